The van der Waals surface area contributed by atoms with E-state index in [1.165, 1.54) is 17.8 Å². The van der Waals surface area contributed by atoms with Gasteiger partial charge < -0.3 is 15.7 Å². The summed E-state index contributed by atoms with van der Waals surface area (Å²) in [5.41, 5.74) is 6.34. The number of carbonyl (C=O) groups excluding carboxylic acids is 1. The Morgan fingerprint density at radius 2 is 2.35 bits per heavy atom. The highest BCUT2D eigenvalue weighted by molar-refractivity contribution is 7.12. The number of rotatable bonds is 5. The highest BCUT2D eigenvalue weighted by atomic mass is 32.1. The number of thiophene rings is 1. The molecular weight excluding hydrogens is 236 g/mol. The van der Waals surface area contributed by atoms with E-state index in [-0.39, 0.29) is 12.5 Å². The fourth-order valence-corrected chi connectivity index (χ4v) is 2.79. The largest absolute Gasteiger partial charge is 0.397 e. The summed E-state index contributed by atoms with van der Waals surface area (Å²) in [6.07, 6.45) is 3.96. The maximum atomic E-state index is 12.3. The number of amides is 1. The molecule has 3 N–H and O–H groups in total. The molecule has 1 heterocycles. The van der Waals surface area contributed by atoms with Crippen LogP contribution in [0.15, 0.2) is 11.4 Å². The Morgan fingerprint density at radius 3 is 2.82 bits per heavy atom. The van der Waals surface area contributed by atoms with Gasteiger partial charge in [0.15, 0.2) is 0 Å². The lowest BCUT2D eigenvalue weighted by Gasteiger charge is -2.37. The first-order valence-corrected chi connectivity index (χ1v) is 6.87. The molecule has 4 nitrogen and oxygen atoms in total. The molecule has 5 heteroatoms. The molecule has 1 aliphatic carbocycles. The van der Waals surface area contributed by atoms with Crippen LogP contribution in [0.3, 0.4) is 0 Å². The zero-order valence-electron chi connectivity index (χ0n) is 9.76. The zero-order valence-corrected chi connectivity index (χ0v) is 10.6. The summed E-state index contributed by atoms with van der Waals surface area (Å²) in [7, 11) is 0. The van der Waals surface area contributed by atoms with Crippen LogP contribution in [0.4, 0.5) is 5.69 Å². The minimum absolute atomic E-state index is 0.0238. The molecule has 0 atom stereocenters. The number of nitrogens with two attached hydrogens (primary N) is 1. The van der Waals surface area contributed by atoms with Crippen LogP contribution in [0.1, 0.15) is 35.4 Å². The van der Waals surface area contributed by atoms with Crippen molar-refractivity contribution in [1.82, 2.24) is 4.90 Å². The van der Waals surface area contributed by atoms with Gasteiger partial charge in [0.05, 0.1) is 5.69 Å². The van der Waals surface area contributed by atoms with Crippen LogP contribution in [0.2, 0.25) is 0 Å². The average molecular weight is 254 g/mol. The fourth-order valence-electron chi connectivity index (χ4n) is 2.01. The van der Waals surface area contributed by atoms with Crippen LogP contribution in [0.25, 0.3) is 0 Å². The minimum Gasteiger partial charge on any atom is -0.397 e. The number of hydrogen-bond donors (Lipinski definition) is 2. The van der Waals surface area contributed by atoms with E-state index >= 15 is 0 Å². The second kappa shape index (κ2) is 5.51. The van der Waals surface area contributed by atoms with Crippen molar-refractivity contribution in [1.29, 1.82) is 0 Å². The first kappa shape index (κ1) is 12.4. The molecule has 1 amide bonds. The second-order valence-corrected chi connectivity index (χ2v) is 5.28. The number of nitrogen functional groups attached to an aromatic ring is 1. The molecule has 1 aromatic heterocycles. The van der Waals surface area contributed by atoms with Crippen LogP contribution in [-0.2, 0) is 0 Å². The standard InChI is InChI=1S/C12H18N2O2S/c13-10-5-8-17-11(10)12(16)14(6-2-7-15)9-3-1-4-9/h5,8-9,15H,1-4,6-7,13H2. The molecule has 1 fully saturated rings. The molecule has 0 bridgehead atoms. The van der Waals surface area contributed by atoms with Gasteiger partial charge in [-0.2, -0.15) is 0 Å². The van der Waals surface area contributed by atoms with Gasteiger partial charge in [0.1, 0.15) is 4.88 Å². The Morgan fingerprint density at radius 1 is 1.59 bits per heavy atom. The maximum Gasteiger partial charge on any atom is 0.266 e. The molecule has 2 rings (SSSR count). The molecule has 0 spiro atoms. The molecule has 0 aromatic carbocycles. The highest BCUT2D eigenvalue weighted by Gasteiger charge is 2.30. The molecule has 1 aliphatic rings. The summed E-state index contributed by atoms with van der Waals surface area (Å²) in [4.78, 5) is 14.9. The Bertz CT molecular complexity index is 388. The van der Waals surface area contributed by atoms with E-state index in [1.54, 1.807) is 6.07 Å². The lowest BCUT2D eigenvalue weighted by atomic mass is 9.91. The molecule has 0 unspecified atom stereocenters. The van der Waals surface area contributed by atoms with Crippen molar-refractivity contribution in [3.05, 3.63) is 16.3 Å². The normalized spacial score (nSPS) is 15.6. The summed E-state index contributed by atoms with van der Waals surface area (Å²) >= 11 is 1.39. The molecule has 0 saturated heterocycles. The Labute approximate surface area is 105 Å². The third-order valence-electron chi connectivity index (χ3n) is 3.22. The van der Waals surface area contributed by atoms with Crippen molar-refractivity contribution in [2.24, 2.45) is 0 Å². The SMILES string of the molecule is Nc1ccsc1C(=O)N(CCCO)C1CCC1. The van der Waals surface area contributed by atoms with Gasteiger partial charge in [-0.1, -0.05) is 0 Å². The summed E-state index contributed by atoms with van der Waals surface area (Å²) in [5, 5.41) is 10.7. The summed E-state index contributed by atoms with van der Waals surface area (Å²) in [5.74, 6) is 0.0238. The van der Waals surface area contributed by atoms with Gasteiger partial charge in [0.25, 0.3) is 5.91 Å². The first-order valence-electron chi connectivity index (χ1n) is 5.99. The molecular formula is C12H18N2O2S. The van der Waals surface area contributed by atoms with Crippen LogP contribution in [-0.4, -0.2) is 35.1 Å². The lowest BCUT2D eigenvalue weighted by molar-refractivity contribution is 0.0568. The van der Waals surface area contributed by atoms with Gasteiger partial charge in [0, 0.05) is 19.2 Å². The quantitative estimate of drug-likeness (QED) is 0.840. The molecule has 1 saturated carbocycles. The minimum atomic E-state index is 0.0238. The monoisotopic (exact) mass is 254 g/mol. The molecule has 0 aliphatic heterocycles. The lowest BCUT2D eigenvalue weighted by Crippen LogP contribution is -2.44. The fraction of sp³-hybridized carbons (Fsp3) is 0.583. The van der Waals surface area contributed by atoms with Crippen molar-refractivity contribution in [2.45, 2.75) is 31.7 Å². The van der Waals surface area contributed by atoms with Gasteiger partial charge in [0.2, 0.25) is 0 Å². The van der Waals surface area contributed by atoms with E-state index < -0.39 is 0 Å². The average Bonchev–Trinajstić information content (AvgIpc) is 2.67. The van der Waals surface area contributed by atoms with Crippen molar-refractivity contribution in [2.75, 3.05) is 18.9 Å². The third kappa shape index (κ3) is 2.61. The number of anilines is 1. The van der Waals surface area contributed by atoms with Gasteiger partial charge >= 0.3 is 0 Å². The predicted molar refractivity (Wildman–Crippen MR) is 69.1 cm³/mol. The summed E-state index contributed by atoms with van der Waals surface area (Å²) in [6, 6.07) is 2.11. The van der Waals surface area contributed by atoms with E-state index in [0.717, 1.165) is 12.8 Å². The van der Waals surface area contributed by atoms with E-state index in [2.05, 4.69) is 0 Å². The zero-order chi connectivity index (χ0) is 12.3. The van der Waals surface area contributed by atoms with E-state index in [0.29, 0.717) is 29.6 Å². The predicted octanol–water partition coefficient (Wildman–Crippen LogP) is 1.71. The van der Waals surface area contributed by atoms with Crippen molar-refractivity contribution in [3.8, 4) is 0 Å². The maximum absolute atomic E-state index is 12.3. The Hall–Kier alpha value is -1.07. The summed E-state index contributed by atoms with van der Waals surface area (Å²) in [6.45, 7) is 0.744. The van der Waals surface area contributed by atoms with Gasteiger partial charge in [-0.3, -0.25) is 4.79 Å². The Kier molecular flexibility index (Phi) is 4.02. The molecule has 17 heavy (non-hydrogen) atoms. The van der Waals surface area contributed by atoms with Crippen molar-refractivity contribution in [3.63, 3.8) is 0 Å². The topological polar surface area (TPSA) is 66.6 Å². The van der Waals surface area contributed by atoms with E-state index in [4.69, 9.17) is 10.8 Å². The first-order chi connectivity index (χ1) is 8.24. The third-order valence-corrected chi connectivity index (χ3v) is 4.14. The van der Waals surface area contributed by atoms with Gasteiger partial charge in [-0.05, 0) is 37.1 Å². The van der Waals surface area contributed by atoms with Crippen molar-refractivity contribution >= 4 is 22.9 Å². The van der Waals surface area contributed by atoms with Crippen LogP contribution in [0.5, 0.6) is 0 Å². The van der Waals surface area contributed by atoms with Crippen LogP contribution >= 0.6 is 11.3 Å². The summed E-state index contributed by atoms with van der Waals surface area (Å²) < 4.78 is 0. The Balaban J connectivity index is 2.09. The second-order valence-electron chi connectivity index (χ2n) is 4.37. The van der Waals surface area contributed by atoms with Gasteiger partial charge in [-0.25, -0.2) is 0 Å². The number of aliphatic hydroxyl groups excluding tert-OH is 1. The molecule has 0 radical (unpaired) electrons. The number of nitrogens with zero attached hydrogens (tertiary/aromatic N) is 1. The highest BCUT2D eigenvalue weighted by Crippen LogP contribution is 2.29. The number of carbonyl (C=O) groups is 1. The van der Waals surface area contributed by atoms with Gasteiger partial charge in [-0.15, -0.1) is 11.3 Å². The van der Waals surface area contributed by atoms with Crippen LogP contribution < -0.4 is 5.73 Å². The smallest absolute Gasteiger partial charge is 0.266 e. The van der Waals surface area contributed by atoms with Crippen LogP contribution in [0, 0.1) is 0 Å². The molecule has 1 aromatic rings. The van der Waals surface area contributed by atoms with E-state index in [9.17, 15) is 4.79 Å². The van der Waals surface area contributed by atoms with E-state index in [1.807, 2.05) is 10.3 Å². The number of hydrogen-bond acceptors (Lipinski definition) is 4. The molecule has 94 valence electrons. The number of aliphatic hydroxyl groups is 1. The van der Waals surface area contributed by atoms with Crippen molar-refractivity contribution < 1.29 is 9.90 Å².